The van der Waals surface area contributed by atoms with Crippen LogP contribution in [0, 0.1) is 11.3 Å². The minimum absolute atomic E-state index is 0.00339. The van der Waals surface area contributed by atoms with E-state index in [-0.39, 0.29) is 5.60 Å². The summed E-state index contributed by atoms with van der Waals surface area (Å²) in [7, 11) is 0. The Hall–Kier alpha value is -0.0800. The fourth-order valence-electron chi connectivity index (χ4n) is 3.10. The number of hydrogen-bond donors (Lipinski definition) is 1. The van der Waals surface area contributed by atoms with Crippen molar-refractivity contribution in [1.29, 1.82) is 0 Å². The van der Waals surface area contributed by atoms with Crippen LogP contribution in [0.3, 0.4) is 0 Å². The highest BCUT2D eigenvalue weighted by Gasteiger charge is 2.38. The summed E-state index contributed by atoms with van der Waals surface area (Å²) in [5, 5.41) is 3.72. The normalized spacial score (nSPS) is 28.6. The molecule has 0 aromatic carbocycles. The van der Waals surface area contributed by atoms with Crippen molar-refractivity contribution in [3.63, 3.8) is 0 Å². The van der Waals surface area contributed by atoms with Gasteiger partial charge in [0.2, 0.25) is 0 Å². The van der Waals surface area contributed by atoms with Gasteiger partial charge in [-0.25, -0.2) is 0 Å². The van der Waals surface area contributed by atoms with Crippen molar-refractivity contribution in [3.8, 4) is 0 Å². The van der Waals surface area contributed by atoms with Crippen molar-refractivity contribution < 1.29 is 4.74 Å². The van der Waals surface area contributed by atoms with E-state index in [4.69, 9.17) is 4.74 Å². The third-order valence-corrected chi connectivity index (χ3v) is 4.99. The fourth-order valence-corrected chi connectivity index (χ4v) is 3.10. The molecule has 0 aliphatic heterocycles. The second kappa shape index (κ2) is 7.26. The van der Waals surface area contributed by atoms with E-state index in [9.17, 15) is 0 Å². The zero-order chi connectivity index (χ0) is 15.4. The monoisotopic (exact) mass is 283 g/mol. The third-order valence-electron chi connectivity index (χ3n) is 4.99. The van der Waals surface area contributed by atoms with Crippen molar-refractivity contribution >= 4 is 0 Å². The molecule has 0 heterocycles. The lowest BCUT2D eigenvalue weighted by atomic mass is 9.70. The van der Waals surface area contributed by atoms with E-state index in [0.29, 0.717) is 17.6 Å². The van der Waals surface area contributed by atoms with Crippen LogP contribution >= 0.6 is 0 Å². The number of rotatable bonds is 6. The second-order valence-electron chi connectivity index (χ2n) is 8.21. The molecule has 0 aromatic rings. The van der Waals surface area contributed by atoms with Crippen LogP contribution in [-0.2, 0) is 4.74 Å². The van der Waals surface area contributed by atoms with E-state index < -0.39 is 0 Å². The maximum Gasteiger partial charge on any atom is 0.0738 e. The molecule has 1 N–H and O–H groups in total. The first-order valence-corrected chi connectivity index (χ1v) is 8.60. The Kier molecular flexibility index (Phi) is 6.53. The first-order valence-electron chi connectivity index (χ1n) is 8.60. The van der Waals surface area contributed by atoms with Crippen molar-refractivity contribution in [1.82, 2.24) is 5.32 Å². The summed E-state index contributed by atoms with van der Waals surface area (Å²) in [6.07, 6.45) is 6.43. The highest BCUT2D eigenvalue weighted by Crippen LogP contribution is 2.40. The lowest BCUT2D eigenvalue weighted by Gasteiger charge is -2.44. The topological polar surface area (TPSA) is 21.3 Å². The molecule has 0 amide bonds. The van der Waals surface area contributed by atoms with Crippen LogP contribution < -0.4 is 5.32 Å². The van der Waals surface area contributed by atoms with Crippen LogP contribution in [0.1, 0.15) is 80.6 Å². The summed E-state index contributed by atoms with van der Waals surface area (Å²) < 4.78 is 6.50. The second-order valence-corrected chi connectivity index (χ2v) is 8.21. The van der Waals surface area contributed by atoms with Crippen LogP contribution in [-0.4, -0.2) is 24.3 Å². The van der Waals surface area contributed by atoms with Crippen LogP contribution in [0.15, 0.2) is 0 Å². The van der Waals surface area contributed by atoms with Crippen molar-refractivity contribution in [2.24, 2.45) is 11.3 Å². The summed E-state index contributed by atoms with van der Waals surface area (Å²) in [5.74, 6) is 0.778. The van der Waals surface area contributed by atoms with Crippen LogP contribution in [0.5, 0.6) is 0 Å². The molecule has 0 aromatic heterocycles. The molecule has 0 spiro atoms. The quantitative estimate of drug-likeness (QED) is 0.758. The minimum atomic E-state index is -0.00339. The molecule has 0 radical (unpaired) electrons. The Morgan fingerprint density at radius 1 is 1.05 bits per heavy atom. The highest BCUT2D eigenvalue weighted by atomic mass is 16.5. The summed E-state index contributed by atoms with van der Waals surface area (Å²) in [5.41, 5.74) is 0.393. The van der Waals surface area contributed by atoms with E-state index in [1.165, 1.54) is 25.7 Å². The zero-order valence-corrected chi connectivity index (χ0v) is 14.9. The van der Waals surface area contributed by atoms with Gasteiger partial charge in [-0.1, -0.05) is 34.6 Å². The first kappa shape index (κ1) is 18.0. The van der Waals surface area contributed by atoms with Crippen LogP contribution in [0.2, 0.25) is 0 Å². The van der Waals surface area contributed by atoms with Gasteiger partial charge in [-0.05, 0) is 63.8 Å². The highest BCUT2D eigenvalue weighted by molar-refractivity contribution is 4.91. The molecule has 1 fully saturated rings. The fraction of sp³-hybridized carbons (Fsp3) is 1.00. The Labute approximate surface area is 127 Å². The van der Waals surface area contributed by atoms with Crippen molar-refractivity contribution in [3.05, 3.63) is 0 Å². The standard InChI is InChI=1S/C18H37NO/c1-8-12-19-15-11-10-14(17(3,4)5)13-16(15)20-18(6,7)9-2/h14-16,19H,8-13H2,1-7H3. The van der Waals surface area contributed by atoms with Gasteiger partial charge in [-0.2, -0.15) is 0 Å². The molecule has 1 aliphatic rings. The van der Waals surface area contributed by atoms with Gasteiger partial charge in [0.1, 0.15) is 0 Å². The lowest BCUT2D eigenvalue weighted by molar-refractivity contribution is -0.113. The van der Waals surface area contributed by atoms with Crippen LogP contribution in [0.4, 0.5) is 0 Å². The summed E-state index contributed by atoms with van der Waals surface area (Å²) in [6, 6.07) is 0.541. The molecule has 1 aliphatic carbocycles. The molecule has 20 heavy (non-hydrogen) atoms. The maximum absolute atomic E-state index is 6.50. The number of hydrogen-bond acceptors (Lipinski definition) is 2. The Bertz CT molecular complexity index is 280. The average molecular weight is 284 g/mol. The lowest BCUT2D eigenvalue weighted by Crippen LogP contribution is -2.50. The Balaban J connectivity index is 2.72. The van der Waals surface area contributed by atoms with Crippen molar-refractivity contribution in [2.75, 3.05) is 6.54 Å². The molecule has 0 saturated heterocycles. The van der Waals surface area contributed by atoms with E-state index in [2.05, 4.69) is 53.8 Å². The SMILES string of the molecule is CCCNC1CCC(C(C)(C)C)CC1OC(C)(C)CC. The molecular formula is C18H37NO. The summed E-state index contributed by atoms with van der Waals surface area (Å²) >= 11 is 0. The molecule has 3 atom stereocenters. The predicted octanol–water partition coefficient (Wildman–Crippen LogP) is 4.77. The molecular weight excluding hydrogens is 246 g/mol. The van der Waals surface area contributed by atoms with E-state index in [1.54, 1.807) is 0 Å². The van der Waals surface area contributed by atoms with Gasteiger partial charge in [0, 0.05) is 6.04 Å². The van der Waals surface area contributed by atoms with Crippen LogP contribution in [0.25, 0.3) is 0 Å². The zero-order valence-electron chi connectivity index (χ0n) is 14.9. The van der Waals surface area contributed by atoms with E-state index >= 15 is 0 Å². The molecule has 2 nitrogen and oxygen atoms in total. The van der Waals surface area contributed by atoms with Gasteiger partial charge in [0.05, 0.1) is 11.7 Å². The van der Waals surface area contributed by atoms with Gasteiger partial charge >= 0.3 is 0 Å². The van der Waals surface area contributed by atoms with Gasteiger partial charge in [0.25, 0.3) is 0 Å². The van der Waals surface area contributed by atoms with E-state index in [1.807, 2.05) is 0 Å². The first-order chi connectivity index (χ1) is 9.19. The van der Waals surface area contributed by atoms with Gasteiger partial charge in [0.15, 0.2) is 0 Å². The molecule has 1 rings (SSSR count). The molecule has 0 bridgehead atoms. The predicted molar refractivity (Wildman–Crippen MR) is 88.1 cm³/mol. The van der Waals surface area contributed by atoms with Gasteiger partial charge < -0.3 is 10.1 Å². The smallest absolute Gasteiger partial charge is 0.0738 e. The number of ether oxygens (including phenoxy) is 1. The largest absolute Gasteiger partial charge is 0.371 e. The summed E-state index contributed by atoms with van der Waals surface area (Å²) in [4.78, 5) is 0. The number of nitrogens with one attached hydrogen (secondary N) is 1. The molecule has 1 saturated carbocycles. The van der Waals surface area contributed by atoms with Crippen molar-refractivity contribution in [2.45, 2.75) is 98.3 Å². The molecule has 3 unspecified atom stereocenters. The minimum Gasteiger partial charge on any atom is -0.371 e. The summed E-state index contributed by atoms with van der Waals surface area (Å²) in [6.45, 7) is 17.1. The van der Waals surface area contributed by atoms with Gasteiger partial charge in [-0.3, -0.25) is 0 Å². The maximum atomic E-state index is 6.50. The Morgan fingerprint density at radius 2 is 1.70 bits per heavy atom. The van der Waals surface area contributed by atoms with E-state index in [0.717, 1.165) is 18.9 Å². The average Bonchev–Trinajstić information content (AvgIpc) is 2.35. The van der Waals surface area contributed by atoms with Gasteiger partial charge in [-0.15, -0.1) is 0 Å². The molecule has 120 valence electrons. The Morgan fingerprint density at radius 3 is 2.20 bits per heavy atom. The third kappa shape index (κ3) is 5.37. The molecule has 2 heteroatoms.